The number of carboxylic acid groups (broad SMARTS) is 1. The number of sulfonamides is 1. The van der Waals surface area contributed by atoms with Crippen molar-refractivity contribution in [2.45, 2.75) is 24.7 Å². The molecule has 1 saturated heterocycles. The molecule has 0 aliphatic carbocycles. The molecule has 0 radical (unpaired) electrons. The van der Waals surface area contributed by atoms with Crippen molar-refractivity contribution in [3.8, 4) is 0 Å². The first-order valence-electron chi connectivity index (χ1n) is 6.27. The van der Waals surface area contributed by atoms with Crippen LogP contribution in [0.1, 0.15) is 18.9 Å². The number of aliphatic carboxylic acids is 1. The minimum atomic E-state index is -3.58. The van der Waals surface area contributed by atoms with Crippen molar-refractivity contribution in [2.75, 3.05) is 13.1 Å². The van der Waals surface area contributed by atoms with E-state index in [9.17, 15) is 13.2 Å². The minimum Gasteiger partial charge on any atom is -0.481 e. The van der Waals surface area contributed by atoms with Crippen LogP contribution in [-0.2, 0) is 21.2 Å². The van der Waals surface area contributed by atoms with Gasteiger partial charge in [-0.15, -0.1) is 0 Å². The molecule has 5 nitrogen and oxygen atoms in total. The molecule has 104 valence electrons. The molecule has 1 aromatic carbocycles. The van der Waals surface area contributed by atoms with Gasteiger partial charge in [-0.3, -0.25) is 4.79 Å². The second-order valence-corrected chi connectivity index (χ2v) is 6.55. The largest absolute Gasteiger partial charge is 0.481 e. The van der Waals surface area contributed by atoms with E-state index in [2.05, 4.69) is 0 Å². The van der Waals surface area contributed by atoms with Crippen molar-refractivity contribution in [3.63, 3.8) is 0 Å². The van der Waals surface area contributed by atoms with Gasteiger partial charge in [-0.2, -0.15) is 4.31 Å². The molecule has 1 unspecified atom stereocenters. The third-order valence-electron chi connectivity index (χ3n) is 3.47. The fourth-order valence-corrected chi connectivity index (χ4v) is 4.13. The Morgan fingerprint density at radius 2 is 2.11 bits per heavy atom. The Balaban J connectivity index is 2.31. The Bertz CT molecular complexity index is 582. The number of carboxylic acids is 1. The van der Waals surface area contributed by atoms with Gasteiger partial charge in [-0.1, -0.05) is 25.1 Å². The van der Waals surface area contributed by atoms with Gasteiger partial charge in [-0.25, -0.2) is 8.42 Å². The van der Waals surface area contributed by atoms with Crippen LogP contribution in [0.5, 0.6) is 0 Å². The summed E-state index contributed by atoms with van der Waals surface area (Å²) in [7, 11) is -3.58. The summed E-state index contributed by atoms with van der Waals surface area (Å²) in [4.78, 5) is 11.2. The number of carbonyl (C=O) groups is 1. The first kappa shape index (κ1) is 14.0. The summed E-state index contributed by atoms with van der Waals surface area (Å²) in [6.07, 6.45) is 1.01. The Kier molecular flexibility index (Phi) is 3.91. The predicted molar refractivity (Wildman–Crippen MR) is 70.3 cm³/mol. The number of hydrogen-bond donors (Lipinski definition) is 1. The SMILES string of the molecule is CCc1ccccc1S(=O)(=O)N1CCC(C(=O)O)C1. The van der Waals surface area contributed by atoms with Crippen molar-refractivity contribution >= 4 is 16.0 Å². The van der Waals surface area contributed by atoms with E-state index < -0.39 is 21.9 Å². The summed E-state index contributed by atoms with van der Waals surface area (Å²) in [6.45, 7) is 2.24. The minimum absolute atomic E-state index is 0.0652. The van der Waals surface area contributed by atoms with Crippen LogP contribution in [-0.4, -0.2) is 36.9 Å². The third-order valence-corrected chi connectivity index (χ3v) is 5.44. The normalized spacial score (nSPS) is 20.6. The topological polar surface area (TPSA) is 74.7 Å². The zero-order valence-corrected chi connectivity index (χ0v) is 11.6. The number of benzene rings is 1. The predicted octanol–water partition coefficient (Wildman–Crippen LogP) is 1.34. The maximum atomic E-state index is 12.5. The average molecular weight is 283 g/mol. The van der Waals surface area contributed by atoms with E-state index in [4.69, 9.17) is 5.11 Å². The molecule has 6 heteroatoms. The second-order valence-electron chi connectivity index (χ2n) is 4.65. The zero-order chi connectivity index (χ0) is 14.0. The third kappa shape index (κ3) is 2.64. The molecule has 1 aliphatic rings. The van der Waals surface area contributed by atoms with Crippen molar-refractivity contribution < 1.29 is 18.3 Å². The van der Waals surface area contributed by atoms with E-state index in [0.29, 0.717) is 17.7 Å². The fraction of sp³-hybridized carbons (Fsp3) is 0.462. The van der Waals surface area contributed by atoms with Gasteiger partial charge in [0.25, 0.3) is 0 Å². The number of rotatable bonds is 4. The quantitative estimate of drug-likeness (QED) is 0.905. The second kappa shape index (κ2) is 5.30. The molecule has 1 atom stereocenters. The van der Waals surface area contributed by atoms with Gasteiger partial charge < -0.3 is 5.11 Å². The van der Waals surface area contributed by atoms with Crippen molar-refractivity contribution in [1.82, 2.24) is 4.31 Å². The molecular weight excluding hydrogens is 266 g/mol. The van der Waals surface area contributed by atoms with Gasteiger partial charge in [0.05, 0.1) is 10.8 Å². The highest BCUT2D eigenvalue weighted by Gasteiger charge is 2.36. The summed E-state index contributed by atoms with van der Waals surface area (Å²) in [5.41, 5.74) is 0.765. The molecule has 19 heavy (non-hydrogen) atoms. The monoisotopic (exact) mass is 283 g/mol. The molecule has 0 spiro atoms. The molecule has 0 saturated carbocycles. The standard InChI is InChI=1S/C13H17NO4S/c1-2-10-5-3-4-6-12(10)19(17,18)14-8-7-11(9-14)13(15)16/h3-6,11H,2,7-9H2,1H3,(H,15,16). The van der Waals surface area contributed by atoms with Crippen LogP contribution in [0.25, 0.3) is 0 Å². The van der Waals surface area contributed by atoms with Crippen molar-refractivity contribution in [3.05, 3.63) is 29.8 Å². The van der Waals surface area contributed by atoms with E-state index in [-0.39, 0.29) is 13.1 Å². The molecule has 0 aromatic heterocycles. The Hall–Kier alpha value is -1.40. The summed E-state index contributed by atoms with van der Waals surface area (Å²) in [6, 6.07) is 6.87. The van der Waals surface area contributed by atoms with E-state index >= 15 is 0 Å². The fourth-order valence-electron chi connectivity index (χ4n) is 2.33. The van der Waals surface area contributed by atoms with Crippen LogP contribution in [0.2, 0.25) is 0 Å². The molecule has 1 aliphatic heterocycles. The molecule has 0 bridgehead atoms. The van der Waals surface area contributed by atoms with Crippen LogP contribution in [0.15, 0.2) is 29.2 Å². The molecule has 0 amide bonds. The van der Waals surface area contributed by atoms with Crippen molar-refractivity contribution in [2.24, 2.45) is 5.92 Å². The number of nitrogens with zero attached hydrogens (tertiary/aromatic N) is 1. The molecular formula is C13H17NO4S. The average Bonchev–Trinajstić information content (AvgIpc) is 2.89. The lowest BCUT2D eigenvalue weighted by Gasteiger charge is -2.18. The lowest BCUT2D eigenvalue weighted by Crippen LogP contribution is -2.30. The molecule has 1 aromatic rings. The molecule has 1 heterocycles. The highest BCUT2D eigenvalue weighted by molar-refractivity contribution is 7.89. The van der Waals surface area contributed by atoms with Gasteiger partial charge in [0.1, 0.15) is 0 Å². The van der Waals surface area contributed by atoms with E-state index in [1.807, 2.05) is 13.0 Å². The Morgan fingerprint density at radius 1 is 1.42 bits per heavy atom. The van der Waals surface area contributed by atoms with E-state index in [1.165, 1.54) is 4.31 Å². The maximum Gasteiger partial charge on any atom is 0.307 e. The van der Waals surface area contributed by atoms with Crippen LogP contribution in [0.4, 0.5) is 0 Å². The van der Waals surface area contributed by atoms with Crippen LogP contribution < -0.4 is 0 Å². The zero-order valence-electron chi connectivity index (χ0n) is 10.7. The van der Waals surface area contributed by atoms with Crippen LogP contribution in [0, 0.1) is 5.92 Å². The summed E-state index contributed by atoms with van der Waals surface area (Å²) >= 11 is 0. The molecule has 1 N–H and O–H groups in total. The highest BCUT2D eigenvalue weighted by atomic mass is 32.2. The van der Waals surface area contributed by atoms with Gasteiger partial charge in [0, 0.05) is 13.1 Å². The van der Waals surface area contributed by atoms with Gasteiger partial charge >= 0.3 is 5.97 Å². The first-order valence-corrected chi connectivity index (χ1v) is 7.71. The lowest BCUT2D eigenvalue weighted by atomic mass is 10.1. The number of hydrogen-bond acceptors (Lipinski definition) is 3. The molecule has 2 rings (SSSR count). The van der Waals surface area contributed by atoms with E-state index in [0.717, 1.165) is 5.56 Å². The summed E-state index contributed by atoms with van der Waals surface area (Å²) in [5, 5.41) is 8.95. The lowest BCUT2D eigenvalue weighted by molar-refractivity contribution is -0.141. The maximum absolute atomic E-state index is 12.5. The smallest absolute Gasteiger partial charge is 0.307 e. The van der Waals surface area contributed by atoms with Crippen LogP contribution >= 0.6 is 0 Å². The Morgan fingerprint density at radius 3 is 2.68 bits per heavy atom. The van der Waals surface area contributed by atoms with Gasteiger partial charge in [0.15, 0.2) is 0 Å². The van der Waals surface area contributed by atoms with Crippen LogP contribution in [0.3, 0.4) is 0 Å². The van der Waals surface area contributed by atoms with E-state index in [1.54, 1.807) is 18.2 Å². The highest BCUT2D eigenvalue weighted by Crippen LogP contribution is 2.26. The Labute approximate surface area is 112 Å². The molecule has 1 fully saturated rings. The van der Waals surface area contributed by atoms with Crippen molar-refractivity contribution in [1.29, 1.82) is 0 Å². The summed E-state index contributed by atoms with van der Waals surface area (Å²) < 4.78 is 26.3. The first-order chi connectivity index (χ1) is 8.96. The number of aryl methyl sites for hydroxylation is 1. The van der Waals surface area contributed by atoms with Gasteiger partial charge in [0.2, 0.25) is 10.0 Å². The summed E-state index contributed by atoms with van der Waals surface area (Å²) in [5.74, 6) is -1.52. The van der Waals surface area contributed by atoms with Gasteiger partial charge in [-0.05, 0) is 24.5 Å².